The van der Waals surface area contributed by atoms with Crippen LogP contribution in [0.5, 0.6) is 0 Å². The lowest BCUT2D eigenvalue weighted by molar-refractivity contribution is 0.0774. The SMILES string of the molecule is CC(C)OCCCNC(=O)NCc1cccc(Cl)c1. The second kappa shape index (κ2) is 8.77. The van der Waals surface area contributed by atoms with Crippen LogP contribution in [0.2, 0.25) is 5.02 Å². The molecule has 0 aliphatic heterocycles. The highest BCUT2D eigenvalue weighted by Crippen LogP contribution is 2.09. The number of hydrogen-bond acceptors (Lipinski definition) is 2. The average Bonchev–Trinajstić information content (AvgIpc) is 2.35. The third kappa shape index (κ3) is 7.70. The van der Waals surface area contributed by atoms with Crippen molar-refractivity contribution in [1.29, 1.82) is 0 Å². The van der Waals surface area contributed by atoms with Crippen LogP contribution in [-0.2, 0) is 11.3 Å². The van der Waals surface area contributed by atoms with Crippen LogP contribution >= 0.6 is 11.6 Å². The van der Waals surface area contributed by atoms with Gasteiger partial charge in [0.05, 0.1) is 6.10 Å². The molecule has 0 fully saturated rings. The number of carbonyl (C=O) groups excluding carboxylic acids is 1. The monoisotopic (exact) mass is 284 g/mol. The molecule has 0 aromatic heterocycles. The van der Waals surface area contributed by atoms with Crippen molar-refractivity contribution in [3.63, 3.8) is 0 Å². The van der Waals surface area contributed by atoms with E-state index < -0.39 is 0 Å². The van der Waals surface area contributed by atoms with E-state index in [9.17, 15) is 4.79 Å². The predicted octanol–water partition coefficient (Wildman–Crippen LogP) is 2.95. The van der Waals surface area contributed by atoms with Crippen molar-refractivity contribution in [2.75, 3.05) is 13.2 Å². The lowest BCUT2D eigenvalue weighted by Crippen LogP contribution is -2.35. The van der Waals surface area contributed by atoms with Crippen LogP contribution < -0.4 is 10.6 Å². The fraction of sp³-hybridized carbons (Fsp3) is 0.500. The van der Waals surface area contributed by atoms with Crippen molar-refractivity contribution in [2.45, 2.75) is 32.9 Å². The Bertz CT molecular complexity index is 397. The van der Waals surface area contributed by atoms with Gasteiger partial charge in [-0.15, -0.1) is 0 Å². The maximum atomic E-state index is 11.5. The fourth-order valence-electron chi connectivity index (χ4n) is 1.48. The number of benzene rings is 1. The van der Waals surface area contributed by atoms with Crippen LogP contribution in [0.4, 0.5) is 4.79 Å². The molecule has 5 heteroatoms. The highest BCUT2D eigenvalue weighted by Gasteiger charge is 2.00. The maximum Gasteiger partial charge on any atom is 0.315 e. The zero-order valence-electron chi connectivity index (χ0n) is 11.4. The Labute approximate surface area is 119 Å². The molecule has 19 heavy (non-hydrogen) atoms. The Kier molecular flexibility index (Phi) is 7.30. The molecule has 2 N–H and O–H groups in total. The average molecular weight is 285 g/mol. The molecule has 0 saturated heterocycles. The highest BCUT2D eigenvalue weighted by atomic mass is 35.5. The molecular formula is C14H21ClN2O2. The van der Waals surface area contributed by atoms with Crippen molar-refractivity contribution < 1.29 is 9.53 Å². The van der Waals surface area contributed by atoms with Gasteiger partial charge in [-0.1, -0.05) is 23.7 Å². The van der Waals surface area contributed by atoms with Crippen molar-refractivity contribution >= 4 is 17.6 Å². The minimum Gasteiger partial charge on any atom is -0.379 e. The summed E-state index contributed by atoms with van der Waals surface area (Å²) in [5.74, 6) is 0. The van der Waals surface area contributed by atoms with E-state index in [0.717, 1.165) is 12.0 Å². The summed E-state index contributed by atoms with van der Waals surface area (Å²) in [5.41, 5.74) is 0.978. The van der Waals surface area contributed by atoms with Crippen LogP contribution in [-0.4, -0.2) is 25.3 Å². The normalized spacial score (nSPS) is 10.5. The second-order valence-corrected chi connectivity index (χ2v) is 4.95. The fourth-order valence-corrected chi connectivity index (χ4v) is 1.70. The number of urea groups is 1. The summed E-state index contributed by atoms with van der Waals surface area (Å²) < 4.78 is 5.38. The number of rotatable bonds is 7. The highest BCUT2D eigenvalue weighted by molar-refractivity contribution is 6.30. The maximum absolute atomic E-state index is 11.5. The Balaban J connectivity index is 2.11. The molecule has 0 unspecified atom stereocenters. The first-order chi connectivity index (χ1) is 9.08. The summed E-state index contributed by atoms with van der Waals surface area (Å²) in [6.45, 7) is 5.71. The minimum absolute atomic E-state index is 0.176. The van der Waals surface area contributed by atoms with E-state index in [4.69, 9.17) is 16.3 Å². The third-order valence-corrected chi connectivity index (χ3v) is 2.64. The summed E-state index contributed by atoms with van der Waals surface area (Å²) in [5, 5.41) is 6.23. The van der Waals surface area contributed by atoms with Crippen molar-refractivity contribution in [2.24, 2.45) is 0 Å². The number of carbonyl (C=O) groups is 1. The standard InChI is InChI=1S/C14H21ClN2O2/c1-11(2)19-8-4-7-16-14(18)17-10-12-5-3-6-13(15)9-12/h3,5-6,9,11H,4,7-8,10H2,1-2H3,(H2,16,17,18). The van der Waals surface area contributed by atoms with Crippen LogP contribution in [0.25, 0.3) is 0 Å². The van der Waals surface area contributed by atoms with Gasteiger partial charge < -0.3 is 15.4 Å². The third-order valence-electron chi connectivity index (χ3n) is 2.40. The van der Waals surface area contributed by atoms with Gasteiger partial charge in [0.15, 0.2) is 0 Å². The Hall–Kier alpha value is -1.26. The van der Waals surface area contributed by atoms with E-state index in [1.807, 2.05) is 32.0 Å². The van der Waals surface area contributed by atoms with Gasteiger partial charge >= 0.3 is 6.03 Å². The smallest absolute Gasteiger partial charge is 0.315 e. The molecule has 0 spiro atoms. The molecule has 106 valence electrons. The second-order valence-electron chi connectivity index (χ2n) is 4.51. The Morgan fingerprint density at radius 1 is 1.37 bits per heavy atom. The molecule has 1 aromatic rings. The number of hydrogen-bond donors (Lipinski definition) is 2. The topological polar surface area (TPSA) is 50.4 Å². The first kappa shape index (κ1) is 15.8. The molecule has 0 bridgehead atoms. The van der Waals surface area contributed by atoms with Gasteiger partial charge in [0.25, 0.3) is 0 Å². The van der Waals surface area contributed by atoms with Crippen molar-refractivity contribution in [1.82, 2.24) is 10.6 Å². The van der Waals surface area contributed by atoms with E-state index in [0.29, 0.717) is 24.7 Å². The quantitative estimate of drug-likeness (QED) is 0.757. The van der Waals surface area contributed by atoms with E-state index in [2.05, 4.69) is 10.6 Å². The molecule has 0 aliphatic carbocycles. The van der Waals surface area contributed by atoms with Crippen LogP contribution in [0, 0.1) is 0 Å². The first-order valence-corrected chi connectivity index (χ1v) is 6.83. The van der Waals surface area contributed by atoms with E-state index >= 15 is 0 Å². The number of nitrogens with one attached hydrogen (secondary N) is 2. The van der Waals surface area contributed by atoms with Gasteiger partial charge in [0, 0.05) is 24.7 Å². The minimum atomic E-state index is -0.176. The molecular weight excluding hydrogens is 264 g/mol. The molecule has 2 amide bonds. The number of ether oxygens (including phenoxy) is 1. The lowest BCUT2D eigenvalue weighted by atomic mass is 10.2. The Morgan fingerprint density at radius 2 is 2.16 bits per heavy atom. The first-order valence-electron chi connectivity index (χ1n) is 6.45. The molecule has 1 aromatic carbocycles. The molecule has 0 radical (unpaired) electrons. The van der Waals surface area contributed by atoms with Gasteiger partial charge in [-0.2, -0.15) is 0 Å². The lowest BCUT2D eigenvalue weighted by Gasteiger charge is -2.09. The van der Waals surface area contributed by atoms with E-state index in [-0.39, 0.29) is 12.1 Å². The molecule has 0 atom stereocenters. The zero-order valence-corrected chi connectivity index (χ0v) is 12.2. The molecule has 4 nitrogen and oxygen atoms in total. The van der Waals surface area contributed by atoms with E-state index in [1.54, 1.807) is 6.07 Å². The van der Waals surface area contributed by atoms with Gasteiger partial charge in [0.1, 0.15) is 0 Å². The molecule has 0 heterocycles. The van der Waals surface area contributed by atoms with Crippen molar-refractivity contribution in [3.05, 3.63) is 34.9 Å². The molecule has 0 saturated carbocycles. The Morgan fingerprint density at radius 3 is 2.84 bits per heavy atom. The molecule has 0 aliphatic rings. The summed E-state index contributed by atoms with van der Waals surface area (Å²) in [6.07, 6.45) is 1.04. The number of amides is 2. The molecule has 1 rings (SSSR count). The summed E-state index contributed by atoms with van der Waals surface area (Å²) in [4.78, 5) is 11.5. The zero-order chi connectivity index (χ0) is 14.1. The van der Waals surface area contributed by atoms with Gasteiger partial charge in [-0.25, -0.2) is 4.79 Å². The van der Waals surface area contributed by atoms with Crippen LogP contribution in [0.1, 0.15) is 25.8 Å². The van der Waals surface area contributed by atoms with Crippen LogP contribution in [0.3, 0.4) is 0 Å². The predicted molar refractivity (Wildman–Crippen MR) is 77.4 cm³/mol. The van der Waals surface area contributed by atoms with Gasteiger partial charge in [0.2, 0.25) is 0 Å². The number of halogens is 1. The summed E-state index contributed by atoms with van der Waals surface area (Å²) in [7, 11) is 0. The van der Waals surface area contributed by atoms with Crippen molar-refractivity contribution in [3.8, 4) is 0 Å². The van der Waals surface area contributed by atoms with Gasteiger partial charge in [-0.05, 0) is 38.0 Å². The van der Waals surface area contributed by atoms with Gasteiger partial charge in [-0.3, -0.25) is 0 Å². The summed E-state index contributed by atoms with van der Waals surface area (Å²) in [6, 6.07) is 7.24. The van der Waals surface area contributed by atoms with E-state index in [1.165, 1.54) is 0 Å². The largest absolute Gasteiger partial charge is 0.379 e. The summed E-state index contributed by atoms with van der Waals surface area (Å²) >= 11 is 5.86. The van der Waals surface area contributed by atoms with Crippen LogP contribution in [0.15, 0.2) is 24.3 Å².